The Morgan fingerprint density at radius 3 is 2.33 bits per heavy atom. The molecule has 0 unspecified atom stereocenters. The molecule has 10 heteroatoms. The van der Waals surface area contributed by atoms with Crippen LogP contribution in [0.1, 0.15) is 0 Å². The average molecular weight is 372 g/mol. The molecule has 0 fully saturated rings. The van der Waals surface area contributed by atoms with E-state index in [1.54, 1.807) is 0 Å². The van der Waals surface area contributed by atoms with E-state index in [2.05, 4.69) is 20.9 Å². The van der Waals surface area contributed by atoms with Gasteiger partial charge < -0.3 is 24.2 Å². The second-order valence-corrected chi connectivity index (χ2v) is 5.00. The average Bonchev–Trinajstić information content (AvgIpc) is 2.49. The Morgan fingerprint density at radius 1 is 1.33 bits per heavy atom. The molecule has 0 radical (unpaired) electrons. The summed E-state index contributed by atoms with van der Waals surface area (Å²) in [4.78, 5) is 27.4. The third-order valence-corrected chi connectivity index (χ3v) is 2.79. The molecule has 2 N–H and O–H groups in total. The van der Waals surface area contributed by atoms with Crippen LogP contribution in [-0.2, 0) is 4.57 Å². The predicted octanol–water partition coefficient (Wildman–Crippen LogP) is -4.60. The van der Waals surface area contributed by atoms with E-state index in [9.17, 15) is 0 Å². The van der Waals surface area contributed by atoms with Crippen molar-refractivity contribution in [1.82, 2.24) is 4.98 Å². The van der Waals surface area contributed by atoms with E-state index in [0.717, 1.165) is 15.0 Å². The number of nitrogens with one attached hydrogen (secondary N) is 1. The van der Waals surface area contributed by atoms with E-state index in [0.29, 0.717) is 0 Å². The zero-order valence-corrected chi connectivity index (χ0v) is 16.9. The Kier molecular flexibility index (Phi) is 11.6. The summed E-state index contributed by atoms with van der Waals surface area (Å²) in [6, 6.07) is 5.91. The maximum absolute atomic E-state index is 8.66. The molecule has 88 valence electrons. The zero-order valence-electron chi connectivity index (χ0n) is 9.68. The molecule has 0 saturated heterocycles. The Morgan fingerprint density at radius 2 is 1.83 bits per heavy atom. The van der Waals surface area contributed by atoms with E-state index >= 15 is 0 Å². The van der Waals surface area contributed by atoms with Crippen molar-refractivity contribution in [2.75, 3.05) is 0 Å². The van der Waals surface area contributed by atoms with Crippen molar-refractivity contribution in [2.24, 2.45) is 0 Å². The Balaban J connectivity index is 0. The van der Waals surface area contributed by atoms with Gasteiger partial charge in [-0.25, -0.2) is 0 Å². The first-order chi connectivity index (χ1) is 7.27. The molecule has 0 bridgehead atoms. The minimum Gasteiger partial charge on any atom is -0.790 e. The molecule has 0 aliphatic rings. The first-order valence-electron chi connectivity index (χ1n) is 3.94. The number of H-pyrrole nitrogens is 1. The standard InChI is InChI=1S/C8H5BrClN.2Na.H3O4P/c9-6-3-5-1-2-11-8(5)4-7(6)10;;;1-5(2,3)4/h1-4,11H;;;(H3,1,2,3,4)/q;2*+1;/p-2. The minimum absolute atomic E-state index is 0. The van der Waals surface area contributed by atoms with Crippen LogP contribution in [0.15, 0.2) is 28.9 Å². The molecule has 0 atom stereocenters. The van der Waals surface area contributed by atoms with Gasteiger partial charge >= 0.3 is 59.1 Å². The number of phosphoric acid groups is 1. The van der Waals surface area contributed by atoms with E-state index in [-0.39, 0.29) is 59.1 Å². The van der Waals surface area contributed by atoms with Gasteiger partial charge in [0.2, 0.25) is 0 Å². The predicted molar refractivity (Wildman–Crippen MR) is 60.8 cm³/mol. The number of aromatic amines is 1. The van der Waals surface area contributed by atoms with Crippen LogP contribution in [0.2, 0.25) is 5.02 Å². The molecule has 1 aromatic heterocycles. The van der Waals surface area contributed by atoms with Crippen molar-refractivity contribution >= 4 is 46.3 Å². The Hall–Kier alpha value is 1.64. The van der Waals surface area contributed by atoms with E-state index < -0.39 is 7.82 Å². The Bertz CT molecular complexity index is 503. The summed E-state index contributed by atoms with van der Waals surface area (Å²) in [7, 11) is -5.14. The van der Waals surface area contributed by atoms with Crippen molar-refractivity contribution < 1.29 is 78.4 Å². The largest absolute Gasteiger partial charge is 1.00 e. The fourth-order valence-electron chi connectivity index (χ4n) is 1.05. The first kappa shape index (κ1) is 21.9. The molecular formula is C8H6BrClNNa2O4P. The number of benzene rings is 1. The fraction of sp³-hybridized carbons (Fsp3) is 0. The van der Waals surface area contributed by atoms with Crippen LogP contribution in [0.3, 0.4) is 0 Å². The third kappa shape index (κ3) is 8.74. The van der Waals surface area contributed by atoms with Crippen LogP contribution in [-0.4, -0.2) is 9.88 Å². The smallest absolute Gasteiger partial charge is 0.790 e. The zero-order chi connectivity index (χ0) is 12.3. The number of fused-ring (bicyclic) bond motifs is 1. The number of hydrogen-bond acceptors (Lipinski definition) is 3. The van der Waals surface area contributed by atoms with Gasteiger partial charge in [-0.05, 0) is 34.1 Å². The van der Waals surface area contributed by atoms with Crippen molar-refractivity contribution in [3.63, 3.8) is 0 Å². The summed E-state index contributed by atoms with van der Waals surface area (Å²) in [5, 5.41) is 1.90. The van der Waals surface area contributed by atoms with E-state index in [4.69, 9.17) is 30.8 Å². The number of aromatic nitrogens is 1. The molecule has 1 heterocycles. The van der Waals surface area contributed by atoms with Crippen LogP contribution in [0.25, 0.3) is 10.9 Å². The summed E-state index contributed by atoms with van der Waals surface area (Å²) >= 11 is 9.23. The van der Waals surface area contributed by atoms with Gasteiger partial charge in [0.05, 0.1) is 12.8 Å². The molecule has 2 aromatic rings. The summed E-state index contributed by atoms with van der Waals surface area (Å²) in [6.45, 7) is 0. The van der Waals surface area contributed by atoms with Crippen LogP contribution < -0.4 is 68.9 Å². The van der Waals surface area contributed by atoms with Crippen LogP contribution in [0, 0.1) is 0 Å². The van der Waals surface area contributed by atoms with Gasteiger partial charge in [-0.1, -0.05) is 11.6 Å². The maximum atomic E-state index is 8.66. The van der Waals surface area contributed by atoms with E-state index in [1.165, 1.54) is 5.39 Å². The molecule has 0 aliphatic carbocycles. The number of rotatable bonds is 0. The van der Waals surface area contributed by atoms with Gasteiger partial charge in [0.1, 0.15) is 0 Å². The van der Waals surface area contributed by atoms with Crippen molar-refractivity contribution in [3.8, 4) is 0 Å². The summed E-state index contributed by atoms with van der Waals surface area (Å²) < 4.78 is 9.60. The third-order valence-electron chi connectivity index (χ3n) is 1.59. The van der Waals surface area contributed by atoms with Crippen molar-refractivity contribution in [3.05, 3.63) is 33.9 Å². The summed E-state index contributed by atoms with van der Waals surface area (Å²) in [5.41, 5.74) is 1.07. The summed E-state index contributed by atoms with van der Waals surface area (Å²) in [6.07, 6.45) is 1.90. The van der Waals surface area contributed by atoms with Gasteiger partial charge in [-0.3, -0.25) is 0 Å². The van der Waals surface area contributed by atoms with Gasteiger partial charge in [0, 0.05) is 21.6 Å². The molecular weight excluding hydrogens is 366 g/mol. The van der Waals surface area contributed by atoms with Gasteiger partial charge in [-0.2, -0.15) is 0 Å². The SMILES string of the molecule is Clc1cc2[nH]ccc2cc1Br.O=P([O-])([O-])O.[Na+].[Na+]. The van der Waals surface area contributed by atoms with Gasteiger partial charge in [0.15, 0.2) is 0 Å². The molecule has 0 aliphatic heterocycles. The maximum Gasteiger partial charge on any atom is 1.00 e. The molecule has 0 saturated carbocycles. The molecule has 2 rings (SSSR count). The monoisotopic (exact) mass is 371 g/mol. The normalized spacial score (nSPS) is 9.83. The molecule has 0 spiro atoms. The second kappa shape index (κ2) is 9.55. The molecule has 5 nitrogen and oxygen atoms in total. The fourth-order valence-corrected chi connectivity index (χ4v) is 1.57. The topological polar surface area (TPSA) is 99.2 Å². The summed E-state index contributed by atoms with van der Waals surface area (Å²) in [5.74, 6) is 0. The van der Waals surface area contributed by atoms with E-state index in [1.807, 2.05) is 24.4 Å². The number of hydrogen-bond donors (Lipinski definition) is 2. The van der Waals surface area contributed by atoms with Crippen LogP contribution >= 0.6 is 35.4 Å². The molecule has 1 aromatic carbocycles. The Labute approximate surface area is 161 Å². The van der Waals surface area contributed by atoms with Crippen molar-refractivity contribution in [2.45, 2.75) is 0 Å². The molecule has 0 amide bonds. The minimum atomic E-state index is -5.14. The van der Waals surface area contributed by atoms with Gasteiger partial charge in [-0.15, -0.1) is 0 Å². The second-order valence-electron chi connectivity index (χ2n) is 2.80. The molecule has 18 heavy (non-hydrogen) atoms. The quantitative estimate of drug-likeness (QED) is 0.359. The van der Waals surface area contributed by atoms with Crippen LogP contribution in [0.5, 0.6) is 0 Å². The first-order valence-corrected chi connectivity index (χ1v) is 6.61. The number of halogens is 2. The van der Waals surface area contributed by atoms with Crippen LogP contribution in [0.4, 0.5) is 0 Å². The van der Waals surface area contributed by atoms with Crippen molar-refractivity contribution in [1.29, 1.82) is 0 Å². The van der Waals surface area contributed by atoms with Gasteiger partial charge in [0.25, 0.3) is 0 Å².